The van der Waals surface area contributed by atoms with Crippen molar-refractivity contribution in [2.24, 2.45) is 0 Å². The minimum atomic E-state index is -0.942. The van der Waals surface area contributed by atoms with Crippen molar-refractivity contribution in [3.8, 4) is 5.75 Å². The molecule has 0 fully saturated rings. The highest BCUT2D eigenvalue weighted by atomic mass is 79.9. The van der Waals surface area contributed by atoms with Gasteiger partial charge in [0.05, 0.1) is 0 Å². The van der Waals surface area contributed by atoms with Crippen molar-refractivity contribution in [2.45, 2.75) is 19.8 Å². The van der Waals surface area contributed by atoms with Crippen LogP contribution in [0.25, 0.3) is 0 Å². The van der Waals surface area contributed by atoms with Gasteiger partial charge in [0.1, 0.15) is 12.4 Å². The number of rotatable bonds is 6. The molecule has 0 amide bonds. The second-order valence-electron chi connectivity index (χ2n) is 3.27. The Hall–Kier alpha value is -0.810. The molecule has 0 saturated heterocycles. The number of ether oxygens (including phenoxy) is 1. The lowest BCUT2D eigenvalue weighted by atomic mass is 10.3. The molecule has 0 atom stereocenters. The number of aromatic carboxylic acids is 1. The average Bonchev–Trinajstić information content (AvgIpc) is 2.59. The van der Waals surface area contributed by atoms with E-state index in [0.717, 1.165) is 17.7 Å². The molecule has 1 N–H and O–H groups in total. The van der Waals surface area contributed by atoms with Crippen molar-refractivity contribution in [1.82, 2.24) is 0 Å². The van der Waals surface area contributed by atoms with Crippen molar-refractivity contribution in [1.29, 1.82) is 0 Å². The lowest BCUT2D eigenvalue weighted by Crippen LogP contribution is -2.00. The number of hydrogen-bond acceptors (Lipinski definition) is 3. The van der Waals surface area contributed by atoms with Crippen LogP contribution in [0.2, 0.25) is 0 Å². The first-order chi connectivity index (χ1) is 7.54. The Balaban J connectivity index is 2.86. The third-order valence-electron chi connectivity index (χ3n) is 1.82. The fraction of sp³-hybridized carbons (Fsp3) is 0.364. The lowest BCUT2D eigenvalue weighted by Gasteiger charge is -2.02. The Morgan fingerprint density at radius 3 is 2.88 bits per heavy atom. The van der Waals surface area contributed by atoms with E-state index in [0.29, 0.717) is 10.2 Å². The first-order valence-electron chi connectivity index (χ1n) is 4.86. The van der Waals surface area contributed by atoms with Gasteiger partial charge in [-0.25, -0.2) is 4.79 Å². The first-order valence-corrected chi connectivity index (χ1v) is 6.47. The molecular weight excluding hydrogens is 292 g/mol. The van der Waals surface area contributed by atoms with Gasteiger partial charge < -0.3 is 9.84 Å². The molecule has 0 spiro atoms. The minimum absolute atomic E-state index is 0.261. The predicted octanol–water partition coefficient (Wildman–Crippen LogP) is 3.69. The molecule has 88 valence electrons. The molecular formula is C11H13BrO3S. The Morgan fingerprint density at radius 1 is 1.69 bits per heavy atom. The summed E-state index contributed by atoms with van der Waals surface area (Å²) in [7, 11) is 0. The SMILES string of the molecule is C=C(Br)COc1cc(CCC)sc1C(=O)O. The molecule has 0 radical (unpaired) electrons. The van der Waals surface area contributed by atoms with Crippen LogP contribution in [0.4, 0.5) is 0 Å². The third-order valence-corrected chi connectivity index (χ3v) is 3.22. The Morgan fingerprint density at radius 2 is 2.38 bits per heavy atom. The molecule has 0 aromatic carbocycles. The molecule has 0 aliphatic rings. The van der Waals surface area contributed by atoms with Crippen molar-refractivity contribution in [3.63, 3.8) is 0 Å². The summed E-state index contributed by atoms with van der Waals surface area (Å²) in [6, 6.07) is 1.80. The lowest BCUT2D eigenvalue weighted by molar-refractivity contribution is 0.0698. The summed E-state index contributed by atoms with van der Waals surface area (Å²) in [4.78, 5) is 12.3. The van der Waals surface area contributed by atoms with E-state index in [2.05, 4.69) is 29.4 Å². The molecule has 0 aliphatic carbocycles. The Kier molecular flexibility index (Phi) is 5.02. The number of thiophene rings is 1. The van der Waals surface area contributed by atoms with Crippen molar-refractivity contribution >= 4 is 33.2 Å². The highest BCUT2D eigenvalue weighted by molar-refractivity contribution is 9.11. The van der Waals surface area contributed by atoms with Crippen molar-refractivity contribution in [2.75, 3.05) is 6.61 Å². The molecule has 0 bridgehead atoms. The maximum absolute atomic E-state index is 11.0. The molecule has 1 aromatic rings. The maximum atomic E-state index is 11.0. The standard InChI is InChI=1S/C11H13BrO3S/c1-3-4-8-5-9(15-6-7(2)12)10(16-8)11(13)14/h5H,2-4,6H2,1H3,(H,13,14). The molecule has 16 heavy (non-hydrogen) atoms. The molecule has 3 nitrogen and oxygen atoms in total. The number of carboxylic acid groups (broad SMARTS) is 1. The quantitative estimate of drug-likeness (QED) is 0.872. The zero-order chi connectivity index (χ0) is 12.1. The van der Waals surface area contributed by atoms with E-state index in [1.165, 1.54) is 11.3 Å². The van der Waals surface area contributed by atoms with E-state index < -0.39 is 5.97 Å². The summed E-state index contributed by atoms with van der Waals surface area (Å²) in [6.07, 6.45) is 1.87. The van der Waals surface area contributed by atoms with Gasteiger partial charge in [-0.2, -0.15) is 0 Å². The Bertz CT molecular complexity index is 398. The molecule has 0 saturated carbocycles. The molecule has 1 heterocycles. The van der Waals surface area contributed by atoms with Crippen LogP contribution in [-0.4, -0.2) is 17.7 Å². The van der Waals surface area contributed by atoms with Gasteiger partial charge in [-0.15, -0.1) is 11.3 Å². The average molecular weight is 305 g/mol. The molecule has 1 rings (SSSR count). The number of halogens is 1. The first kappa shape index (κ1) is 13.3. The van der Waals surface area contributed by atoms with Crippen molar-refractivity contribution in [3.05, 3.63) is 26.9 Å². The highest BCUT2D eigenvalue weighted by Gasteiger charge is 2.16. The van der Waals surface area contributed by atoms with Gasteiger partial charge in [0.25, 0.3) is 0 Å². The monoisotopic (exact) mass is 304 g/mol. The number of aryl methyl sites for hydroxylation is 1. The van der Waals surface area contributed by atoms with Crippen LogP contribution in [0.5, 0.6) is 5.75 Å². The van der Waals surface area contributed by atoms with E-state index >= 15 is 0 Å². The number of carboxylic acids is 1. The Labute approximate surface area is 107 Å². The van der Waals surface area contributed by atoms with Gasteiger partial charge in [-0.3, -0.25) is 0 Å². The molecule has 0 aliphatic heterocycles. The van der Waals surface area contributed by atoms with E-state index in [1.54, 1.807) is 6.07 Å². The summed E-state index contributed by atoms with van der Waals surface area (Å²) >= 11 is 4.44. The van der Waals surface area contributed by atoms with Gasteiger partial charge in [0.2, 0.25) is 0 Å². The largest absolute Gasteiger partial charge is 0.487 e. The third kappa shape index (κ3) is 3.64. The van der Waals surface area contributed by atoms with Crippen LogP contribution in [0, 0.1) is 0 Å². The predicted molar refractivity (Wildman–Crippen MR) is 68.8 cm³/mol. The van der Waals surface area contributed by atoms with E-state index in [9.17, 15) is 4.79 Å². The molecule has 0 unspecified atom stereocenters. The second kappa shape index (κ2) is 6.06. The van der Waals surface area contributed by atoms with Crippen LogP contribution in [-0.2, 0) is 6.42 Å². The van der Waals surface area contributed by atoms with Gasteiger partial charge in [0.15, 0.2) is 4.88 Å². The van der Waals surface area contributed by atoms with Crippen LogP contribution in [0.3, 0.4) is 0 Å². The van der Waals surface area contributed by atoms with Crippen LogP contribution >= 0.6 is 27.3 Å². The molecule has 1 aromatic heterocycles. The fourth-order valence-corrected chi connectivity index (χ4v) is 2.36. The van der Waals surface area contributed by atoms with Crippen molar-refractivity contribution < 1.29 is 14.6 Å². The fourth-order valence-electron chi connectivity index (χ4n) is 1.20. The summed E-state index contributed by atoms with van der Waals surface area (Å²) < 4.78 is 6.06. The van der Waals surface area contributed by atoms with E-state index in [-0.39, 0.29) is 11.5 Å². The smallest absolute Gasteiger partial charge is 0.349 e. The normalized spacial score (nSPS) is 10.1. The second-order valence-corrected chi connectivity index (χ2v) is 5.53. The highest BCUT2D eigenvalue weighted by Crippen LogP contribution is 2.30. The van der Waals surface area contributed by atoms with E-state index in [1.807, 2.05) is 0 Å². The summed E-state index contributed by atoms with van der Waals surface area (Å²) in [6.45, 7) is 5.97. The zero-order valence-corrected chi connectivity index (χ0v) is 11.4. The van der Waals surface area contributed by atoms with Gasteiger partial charge >= 0.3 is 5.97 Å². The van der Waals surface area contributed by atoms with Gasteiger partial charge in [0, 0.05) is 9.36 Å². The van der Waals surface area contributed by atoms with Crippen LogP contribution in [0.1, 0.15) is 27.9 Å². The van der Waals surface area contributed by atoms with Gasteiger partial charge in [-0.1, -0.05) is 35.9 Å². The molecule has 5 heteroatoms. The summed E-state index contributed by atoms with van der Waals surface area (Å²) in [5.74, 6) is -0.510. The van der Waals surface area contributed by atoms with Gasteiger partial charge in [-0.05, 0) is 12.5 Å². The number of carbonyl (C=O) groups is 1. The van der Waals surface area contributed by atoms with Crippen LogP contribution in [0.15, 0.2) is 17.1 Å². The summed E-state index contributed by atoms with van der Waals surface area (Å²) in [5, 5.41) is 9.01. The van der Waals surface area contributed by atoms with Crippen LogP contribution < -0.4 is 4.74 Å². The zero-order valence-electron chi connectivity index (χ0n) is 8.96. The topological polar surface area (TPSA) is 46.5 Å². The van der Waals surface area contributed by atoms with E-state index in [4.69, 9.17) is 9.84 Å². The summed E-state index contributed by atoms with van der Waals surface area (Å²) in [5.41, 5.74) is 0. The maximum Gasteiger partial charge on any atom is 0.349 e. The minimum Gasteiger partial charge on any atom is -0.487 e. The number of hydrogen-bond donors (Lipinski definition) is 1.